The van der Waals surface area contributed by atoms with Gasteiger partial charge in [0.2, 0.25) is 11.8 Å². The Morgan fingerprint density at radius 3 is 2.56 bits per heavy atom. The third-order valence-electron chi connectivity index (χ3n) is 4.48. The highest BCUT2D eigenvalue weighted by molar-refractivity contribution is 8.00. The quantitative estimate of drug-likeness (QED) is 0.672. The first-order valence-electron chi connectivity index (χ1n) is 8.79. The fraction of sp³-hybridized carbons (Fsp3) is 0.474. The van der Waals surface area contributed by atoms with Gasteiger partial charge in [-0.15, -0.1) is 11.8 Å². The summed E-state index contributed by atoms with van der Waals surface area (Å²) in [5.74, 6) is -1.65. The maximum Gasteiger partial charge on any atom is 0.308 e. The molecule has 2 amide bonds. The Morgan fingerprint density at radius 2 is 1.89 bits per heavy atom. The minimum Gasteiger partial charge on any atom is -0.481 e. The van der Waals surface area contributed by atoms with Crippen LogP contribution in [0.5, 0.6) is 0 Å². The number of hydrogen-bond donors (Lipinski definition) is 1. The predicted molar refractivity (Wildman–Crippen MR) is 103 cm³/mol. The molecule has 0 aliphatic carbocycles. The van der Waals surface area contributed by atoms with Gasteiger partial charge in [-0.3, -0.25) is 19.2 Å². The van der Waals surface area contributed by atoms with Crippen LogP contribution in [0.4, 0.5) is 0 Å². The second kappa shape index (κ2) is 10.1. The van der Waals surface area contributed by atoms with Crippen molar-refractivity contribution in [2.45, 2.75) is 12.8 Å². The number of carbonyl (C=O) groups is 4. The molecule has 27 heavy (non-hydrogen) atoms. The van der Waals surface area contributed by atoms with Gasteiger partial charge in [0.25, 0.3) is 0 Å². The van der Waals surface area contributed by atoms with Crippen molar-refractivity contribution < 1.29 is 24.3 Å². The molecule has 1 unspecified atom stereocenters. The predicted octanol–water partition coefficient (Wildman–Crippen LogP) is 1.38. The number of amides is 2. The maximum atomic E-state index is 12.3. The molecule has 0 radical (unpaired) electrons. The van der Waals surface area contributed by atoms with E-state index < -0.39 is 11.9 Å². The van der Waals surface area contributed by atoms with E-state index in [1.54, 1.807) is 31.3 Å². The summed E-state index contributed by atoms with van der Waals surface area (Å²) in [6.45, 7) is 0.625. The normalized spacial score (nSPS) is 16.6. The number of piperidine rings is 1. The summed E-state index contributed by atoms with van der Waals surface area (Å²) >= 11 is 1.22. The Labute approximate surface area is 162 Å². The zero-order valence-corrected chi connectivity index (χ0v) is 16.1. The zero-order valence-electron chi connectivity index (χ0n) is 15.3. The highest BCUT2D eigenvalue weighted by atomic mass is 32.2. The minimum absolute atomic E-state index is 0.0415. The molecular formula is C19H24N2O5S. The Morgan fingerprint density at radius 1 is 1.19 bits per heavy atom. The average molecular weight is 392 g/mol. The SMILES string of the molecule is CN(CC(=O)N1CCCC(C(=O)O)C1)C(=O)CSCC(=O)c1ccccc1. The Balaban J connectivity index is 1.74. The number of carboxylic acid groups (broad SMARTS) is 1. The number of nitrogens with zero attached hydrogens (tertiary/aromatic N) is 2. The van der Waals surface area contributed by atoms with Crippen LogP contribution in [0.2, 0.25) is 0 Å². The smallest absolute Gasteiger partial charge is 0.308 e. The first-order chi connectivity index (χ1) is 12.9. The highest BCUT2D eigenvalue weighted by Gasteiger charge is 2.28. The summed E-state index contributed by atoms with van der Waals surface area (Å²) in [6, 6.07) is 8.88. The number of aliphatic carboxylic acids is 1. The lowest BCUT2D eigenvalue weighted by molar-refractivity contribution is -0.147. The van der Waals surface area contributed by atoms with E-state index in [1.807, 2.05) is 6.07 Å². The topological polar surface area (TPSA) is 95.0 Å². The number of Topliss-reactive ketones (excluding diaryl/α,β-unsaturated/α-hetero) is 1. The molecule has 1 heterocycles. The third-order valence-corrected chi connectivity index (χ3v) is 5.39. The molecule has 1 saturated heterocycles. The van der Waals surface area contributed by atoms with E-state index in [0.29, 0.717) is 24.9 Å². The maximum absolute atomic E-state index is 12.3. The van der Waals surface area contributed by atoms with E-state index in [9.17, 15) is 19.2 Å². The average Bonchev–Trinajstić information content (AvgIpc) is 2.68. The van der Waals surface area contributed by atoms with Crippen molar-refractivity contribution in [1.29, 1.82) is 0 Å². The molecule has 0 saturated carbocycles. The van der Waals surface area contributed by atoms with E-state index in [1.165, 1.54) is 21.6 Å². The van der Waals surface area contributed by atoms with E-state index in [2.05, 4.69) is 0 Å². The second-order valence-electron chi connectivity index (χ2n) is 6.55. The lowest BCUT2D eigenvalue weighted by atomic mass is 9.98. The van der Waals surface area contributed by atoms with Crippen LogP contribution in [-0.4, -0.2) is 76.7 Å². The van der Waals surface area contributed by atoms with Crippen LogP contribution in [0, 0.1) is 5.92 Å². The number of likely N-dealkylation sites (N-methyl/N-ethyl adjacent to an activating group) is 1. The van der Waals surface area contributed by atoms with Crippen LogP contribution >= 0.6 is 11.8 Å². The van der Waals surface area contributed by atoms with Gasteiger partial charge in [0, 0.05) is 25.7 Å². The molecule has 1 aromatic carbocycles. The monoisotopic (exact) mass is 392 g/mol. The van der Waals surface area contributed by atoms with Crippen molar-refractivity contribution in [1.82, 2.24) is 9.80 Å². The Kier molecular flexibility index (Phi) is 7.84. The van der Waals surface area contributed by atoms with Crippen molar-refractivity contribution in [3.05, 3.63) is 35.9 Å². The van der Waals surface area contributed by atoms with Crippen LogP contribution in [0.3, 0.4) is 0 Å². The number of benzene rings is 1. The van der Waals surface area contributed by atoms with Gasteiger partial charge in [-0.05, 0) is 12.8 Å². The van der Waals surface area contributed by atoms with Crippen molar-refractivity contribution in [2.24, 2.45) is 5.92 Å². The van der Waals surface area contributed by atoms with E-state index in [4.69, 9.17) is 5.11 Å². The molecule has 1 atom stereocenters. The highest BCUT2D eigenvalue weighted by Crippen LogP contribution is 2.17. The Hall–Kier alpha value is -2.35. The zero-order chi connectivity index (χ0) is 19.8. The molecule has 0 spiro atoms. The van der Waals surface area contributed by atoms with Crippen LogP contribution in [0.1, 0.15) is 23.2 Å². The van der Waals surface area contributed by atoms with Gasteiger partial charge in [0.1, 0.15) is 0 Å². The number of rotatable bonds is 8. The van der Waals surface area contributed by atoms with Crippen molar-refractivity contribution >= 4 is 35.3 Å². The van der Waals surface area contributed by atoms with Crippen LogP contribution < -0.4 is 0 Å². The van der Waals surface area contributed by atoms with E-state index >= 15 is 0 Å². The molecule has 7 nitrogen and oxygen atoms in total. The fourth-order valence-corrected chi connectivity index (χ4v) is 3.69. The molecule has 1 aromatic rings. The van der Waals surface area contributed by atoms with Gasteiger partial charge < -0.3 is 14.9 Å². The van der Waals surface area contributed by atoms with E-state index in [0.717, 1.165) is 0 Å². The number of thioether (sulfide) groups is 1. The number of ketones is 1. The molecule has 146 valence electrons. The summed E-state index contributed by atoms with van der Waals surface area (Å²) in [6.07, 6.45) is 1.22. The van der Waals surface area contributed by atoms with Gasteiger partial charge in [-0.25, -0.2) is 0 Å². The summed E-state index contributed by atoms with van der Waals surface area (Å²) in [5.41, 5.74) is 0.610. The first kappa shape index (κ1) is 21.0. The lowest BCUT2D eigenvalue weighted by Gasteiger charge is -2.32. The van der Waals surface area contributed by atoms with Gasteiger partial charge in [-0.2, -0.15) is 0 Å². The van der Waals surface area contributed by atoms with Crippen molar-refractivity contribution in [2.75, 3.05) is 38.2 Å². The number of likely N-dealkylation sites (tertiary alicyclic amines) is 1. The molecule has 8 heteroatoms. The molecular weight excluding hydrogens is 368 g/mol. The van der Waals surface area contributed by atoms with Crippen molar-refractivity contribution in [3.8, 4) is 0 Å². The molecule has 0 bridgehead atoms. The summed E-state index contributed by atoms with van der Waals surface area (Å²) in [7, 11) is 1.54. The van der Waals surface area contributed by atoms with Gasteiger partial charge >= 0.3 is 5.97 Å². The van der Waals surface area contributed by atoms with Crippen LogP contribution in [-0.2, 0) is 14.4 Å². The number of carbonyl (C=O) groups excluding carboxylic acids is 3. The standard InChI is InChI=1S/C19H24N2O5S/c1-20(11-17(23)21-9-5-8-15(10-21)19(25)26)18(24)13-27-12-16(22)14-6-3-2-4-7-14/h2-4,6-7,15H,5,8-13H2,1H3,(H,25,26). The largest absolute Gasteiger partial charge is 0.481 e. The second-order valence-corrected chi connectivity index (χ2v) is 7.53. The van der Waals surface area contributed by atoms with Gasteiger partial charge in [0.05, 0.1) is 24.0 Å². The summed E-state index contributed by atoms with van der Waals surface area (Å²) in [4.78, 5) is 50.5. The van der Waals surface area contributed by atoms with Crippen molar-refractivity contribution in [3.63, 3.8) is 0 Å². The minimum atomic E-state index is -0.892. The van der Waals surface area contributed by atoms with Gasteiger partial charge in [0.15, 0.2) is 5.78 Å². The first-order valence-corrected chi connectivity index (χ1v) is 9.94. The van der Waals surface area contributed by atoms with Crippen LogP contribution in [0.25, 0.3) is 0 Å². The molecule has 1 N–H and O–H groups in total. The molecule has 1 fully saturated rings. The fourth-order valence-electron chi connectivity index (χ4n) is 2.84. The number of carboxylic acids is 1. The van der Waals surface area contributed by atoms with Crippen LogP contribution in [0.15, 0.2) is 30.3 Å². The lowest BCUT2D eigenvalue weighted by Crippen LogP contribution is -2.47. The summed E-state index contributed by atoms with van der Waals surface area (Å²) < 4.78 is 0. The number of hydrogen-bond acceptors (Lipinski definition) is 5. The van der Waals surface area contributed by atoms with E-state index in [-0.39, 0.29) is 42.2 Å². The molecule has 2 rings (SSSR count). The molecule has 1 aliphatic rings. The van der Waals surface area contributed by atoms with Gasteiger partial charge in [-0.1, -0.05) is 30.3 Å². The third kappa shape index (κ3) is 6.39. The Bertz CT molecular complexity index is 695. The molecule has 0 aromatic heterocycles. The molecule has 1 aliphatic heterocycles. The summed E-state index contributed by atoms with van der Waals surface area (Å²) in [5, 5.41) is 9.10.